The van der Waals surface area contributed by atoms with Gasteiger partial charge in [0.2, 0.25) is 16.7 Å². The van der Waals surface area contributed by atoms with Gasteiger partial charge in [-0.2, -0.15) is 0 Å². The molecule has 1 heterocycles. The van der Waals surface area contributed by atoms with Gasteiger partial charge < -0.3 is 4.74 Å². The molecule has 3 aromatic rings. The molecule has 1 aromatic heterocycles. The summed E-state index contributed by atoms with van der Waals surface area (Å²) in [6.45, 7) is 3.69. The Bertz CT molecular complexity index is 775. The van der Waals surface area contributed by atoms with E-state index in [2.05, 4.69) is 22.2 Å². The van der Waals surface area contributed by atoms with Crippen LogP contribution in [0.3, 0.4) is 0 Å². The lowest BCUT2D eigenvalue weighted by Gasteiger charge is -2.07. The van der Waals surface area contributed by atoms with E-state index in [4.69, 9.17) is 4.74 Å². The van der Waals surface area contributed by atoms with Gasteiger partial charge in [0.15, 0.2) is 0 Å². The Morgan fingerprint density at radius 3 is 2.52 bits per heavy atom. The molecule has 0 bridgehead atoms. The van der Waals surface area contributed by atoms with Crippen molar-refractivity contribution in [1.29, 1.82) is 0 Å². The maximum atomic E-state index is 11.8. The van der Waals surface area contributed by atoms with Crippen LogP contribution < -0.4 is 4.57 Å². The number of rotatable bonds is 3. The van der Waals surface area contributed by atoms with Gasteiger partial charge in [-0.25, -0.2) is 4.79 Å². The topological polar surface area (TPSA) is 30.2 Å². The molecule has 0 radical (unpaired) electrons. The molecule has 0 aliphatic heterocycles. The Hall–Kier alpha value is -2.20. The molecule has 0 aliphatic rings. The van der Waals surface area contributed by atoms with Gasteiger partial charge in [0, 0.05) is 18.2 Å². The van der Waals surface area contributed by atoms with Crippen LogP contribution in [-0.4, -0.2) is 12.1 Å². The van der Waals surface area contributed by atoms with Crippen LogP contribution in [0, 0.1) is 0 Å². The highest BCUT2D eigenvalue weighted by Gasteiger charge is 2.15. The maximum absolute atomic E-state index is 11.8. The van der Waals surface area contributed by atoms with E-state index >= 15 is 0 Å². The third-order valence-corrected chi connectivity index (χ3v) is 4.05. The van der Waals surface area contributed by atoms with Crippen molar-refractivity contribution < 1.29 is 14.1 Å². The largest absolute Gasteiger partial charge is 0.459 e. The quantitative estimate of drug-likeness (QED) is 0.544. The Labute approximate surface area is 127 Å². The Balaban J connectivity index is 1.92. The number of hydrogen-bond acceptors (Lipinski definition) is 3. The van der Waals surface area contributed by atoms with E-state index < -0.39 is 0 Å². The molecule has 0 aliphatic carbocycles. The zero-order chi connectivity index (χ0) is 14.8. The van der Waals surface area contributed by atoms with Crippen molar-refractivity contribution in [2.24, 2.45) is 0 Å². The lowest BCUT2D eigenvalue weighted by molar-refractivity contribution is -0.562. The average Bonchev–Trinajstić information content (AvgIpc) is 2.90. The number of benzene rings is 2. The second kappa shape index (κ2) is 5.66. The Morgan fingerprint density at radius 1 is 1.10 bits per heavy atom. The highest BCUT2D eigenvalue weighted by molar-refractivity contribution is 7.16. The van der Waals surface area contributed by atoms with Crippen molar-refractivity contribution in [3.8, 4) is 5.69 Å². The zero-order valence-electron chi connectivity index (χ0n) is 11.9. The van der Waals surface area contributed by atoms with Crippen LogP contribution in [0.1, 0.15) is 24.2 Å². The van der Waals surface area contributed by atoms with Crippen molar-refractivity contribution in [3.05, 3.63) is 59.6 Å². The van der Waals surface area contributed by atoms with Crippen LogP contribution in [0.2, 0.25) is 0 Å². The Morgan fingerprint density at radius 2 is 1.81 bits per heavy atom. The van der Waals surface area contributed by atoms with E-state index in [1.807, 2.05) is 38.1 Å². The van der Waals surface area contributed by atoms with Crippen molar-refractivity contribution in [2.45, 2.75) is 20.0 Å². The molecule has 0 N–H and O–H groups in total. The van der Waals surface area contributed by atoms with E-state index in [1.165, 1.54) is 10.2 Å². The summed E-state index contributed by atoms with van der Waals surface area (Å²) >= 11 is 1.70. The molecule has 0 saturated heterocycles. The van der Waals surface area contributed by atoms with Gasteiger partial charge in [0.25, 0.3) is 0 Å². The van der Waals surface area contributed by atoms with Crippen molar-refractivity contribution in [2.75, 3.05) is 0 Å². The second-order valence-electron chi connectivity index (χ2n) is 5.06. The van der Waals surface area contributed by atoms with Gasteiger partial charge in [-0.3, -0.25) is 0 Å². The zero-order valence-corrected chi connectivity index (χ0v) is 12.8. The molecule has 3 nitrogen and oxygen atoms in total. The number of esters is 1. The molecule has 0 fully saturated rings. The van der Waals surface area contributed by atoms with Gasteiger partial charge >= 0.3 is 5.97 Å². The summed E-state index contributed by atoms with van der Waals surface area (Å²) in [7, 11) is 0. The number of hydrogen-bond donors (Lipinski definition) is 0. The molecule has 2 aromatic carbocycles. The van der Waals surface area contributed by atoms with Gasteiger partial charge in [-0.15, -0.1) is 4.57 Å². The first-order valence-electron chi connectivity index (χ1n) is 6.84. The van der Waals surface area contributed by atoms with Crippen molar-refractivity contribution >= 4 is 27.5 Å². The summed E-state index contributed by atoms with van der Waals surface area (Å²) in [5.74, 6) is -0.281. The van der Waals surface area contributed by atoms with E-state index in [1.54, 1.807) is 23.5 Å². The molecule has 0 atom stereocenters. The number of nitrogens with zero attached hydrogens (tertiary/aromatic N) is 1. The summed E-state index contributed by atoms with van der Waals surface area (Å²) in [5.41, 5.74) is 4.85. The minimum atomic E-state index is -0.281. The van der Waals surface area contributed by atoms with E-state index in [-0.39, 0.29) is 12.1 Å². The minimum Gasteiger partial charge on any atom is -0.459 e. The summed E-state index contributed by atoms with van der Waals surface area (Å²) in [6.07, 6.45) is -0.104. The normalized spacial score (nSPS) is 11.0. The number of aromatic nitrogens is 1. The standard InChI is InChI=1S/C17H16NO2S/c1-12(2)20-17(19)13-7-9-14(10-8-13)18-11-21-16-6-4-3-5-15(16)18/h3-12H,1-2H3/q+1. The molecule has 0 unspecified atom stereocenters. The molecule has 3 rings (SSSR count). The third-order valence-electron chi connectivity index (χ3n) is 3.13. The summed E-state index contributed by atoms with van der Waals surface area (Å²) in [5, 5.41) is 0. The van der Waals surface area contributed by atoms with Crippen LogP contribution in [0.5, 0.6) is 0 Å². The fraction of sp³-hybridized carbons (Fsp3) is 0.176. The average molecular weight is 298 g/mol. The number of carbonyl (C=O) groups excluding carboxylic acids is 1. The second-order valence-corrected chi connectivity index (χ2v) is 5.95. The predicted molar refractivity (Wildman–Crippen MR) is 83.9 cm³/mol. The smallest absolute Gasteiger partial charge is 0.338 e. The molecule has 0 amide bonds. The third kappa shape index (κ3) is 2.81. The van der Waals surface area contributed by atoms with Gasteiger partial charge in [0.1, 0.15) is 4.70 Å². The Kier molecular flexibility index (Phi) is 3.71. The summed E-state index contributed by atoms with van der Waals surface area (Å²) < 4.78 is 8.55. The fourth-order valence-corrected chi connectivity index (χ4v) is 3.06. The van der Waals surface area contributed by atoms with Gasteiger partial charge in [0.05, 0.1) is 11.7 Å². The fourth-order valence-electron chi connectivity index (χ4n) is 2.16. The molecule has 4 heteroatoms. The minimum absolute atomic E-state index is 0.104. The lowest BCUT2D eigenvalue weighted by Crippen LogP contribution is -2.27. The van der Waals surface area contributed by atoms with Crippen LogP contribution in [0.4, 0.5) is 0 Å². The lowest BCUT2D eigenvalue weighted by atomic mass is 10.2. The van der Waals surface area contributed by atoms with Crippen LogP contribution in [0.25, 0.3) is 15.9 Å². The maximum Gasteiger partial charge on any atom is 0.338 e. The first kappa shape index (κ1) is 13.8. The van der Waals surface area contributed by atoms with Crippen molar-refractivity contribution in [3.63, 3.8) is 0 Å². The van der Waals surface area contributed by atoms with E-state index in [0.29, 0.717) is 5.56 Å². The predicted octanol–water partition coefficient (Wildman–Crippen LogP) is 3.74. The van der Waals surface area contributed by atoms with Gasteiger partial charge in [-0.1, -0.05) is 23.5 Å². The molecule has 0 spiro atoms. The van der Waals surface area contributed by atoms with Crippen molar-refractivity contribution in [1.82, 2.24) is 0 Å². The molecular formula is C17H16NO2S+. The molecule has 21 heavy (non-hydrogen) atoms. The van der Waals surface area contributed by atoms with E-state index in [0.717, 1.165) is 5.69 Å². The number of fused-ring (bicyclic) bond motifs is 1. The van der Waals surface area contributed by atoms with Crippen LogP contribution >= 0.6 is 11.3 Å². The SMILES string of the molecule is CC(C)OC(=O)c1ccc(-[n+]2csc3ccccc32)cc1. The van der Waals surface area contributed by atoms with Crippen LogP contribution in [-0.2, 0) is 4.74 Å². The first-order valence-corrected chi connectivity index (χ1v) is 7.72. The monoisotopic (exact) mass is 298 g/mol. The van der Waals surface area contributed by atoms with Gasteiger partial charge in [-0.05, 0) is 32.0 Å². The molecule has 106 valence electrons. The molecule has 0 saturated carbocycles. The molecular weight excluding hydrogens is 282 g/mol. The summed E-state index contributed by atoms with van der Waals surface area (Å²) in [4.78, 5) is 11.8. The number of carbonyl (C=O) groups is 1. The highest BCUT2D eigenvalue weighted by atomic mass is 32.1. The number of thiazole rings is 1. The van der Waals surface area contributed by atoms with E-state index in [9.17, 15) is 4.79 Å². The first-order chi connectivity index (χ1) is 10.1. The van der Waals surface area contributed by atoms with Crippen LogP contribution in [0.15, 0.2) is 54.0 Å². The highest BCUT2D eigenvalue weighted by Crippen LogP contribution is 2.17. The summed E-state index contributed by atoms with van der Waals surface area (Å²) in [6, 6.07) is 15.7. The number of ether oxygens (including phenoxy) is 1. The number of para-hydroxylation sites is 1.